The molecule has 0 aliphatic rings. The fourth-order valence-electron chi connectivity index (χ4n) is 3.53. The van der Waals surface area contributed by atoms with Crippen molar-refractivity contribution < 1.29 is 0 Å². The minimum atomic E-state index is -0.0987. The average Bonchev–Trinajstić information content (AvgIpc) is 2.78. The van der Waals surface area contributed by atoms with Gasteiger partial charge in [-0.25, -0.2) is 4.98 Å². The summed E-state index contributed by atoms with van der Waals surface area (Å²) < 4.78 is 1.74. The maximum absolute atomic E-state index is 13.4. The molecule has 4 aromatic rings. The second-order valence-corrected chi connectivity index (χ2v) is 7.24. The Kier molecular flexibility index (Phi) is 5.54. The van der Waals surface area contributed by atoms with Crippen molar-refractivity contribution in [2.45, 2.75) is 32.9 Å². The number of aromatic nitrogens is 2. The molecule has 0 saturated heterocycles. The van der Waals surface area contributed by atoms with Gasteiger partial charge in [-0.1, -0.05) is 61.5 Å². The lowest BCUT2D eigenvalue weighted by atomic mass is 10.1. The predicted molar refractivity (Wildman–Crippen MR) is 118 cm³/mol. The third-order valence-electron chi connectivity index (χ3n) is 5.25. The summed E-state index contributed by atoms with van der Waals surface area (Å²) in [5.74, 6) is 0.717. The van der Waals surface area contributed by atoms with E-state index in [1.54, 1.807) is 4.57 Å². The predicted octanol–water partition coefficient (Wildman–Crippen LogP) is 4.80. The van der Waals surface area contributed by atoms with Gasteiger partial charge in [-0.05, 0) is 48.7 Å². The molecule has 1 unspecified atom stereocenters. The molecule has 0 amide bonds. The molecule has 0 spiro atoms. The molecule has 0 aliphatic carbocycles. The van der Waals surface area contributed by atoms with E-state index in [1.165, 1.54) is 11.1 Å². The highest BCUT2D eigenvalue weighted by molar-refractivity contribution is 5.77. The smallest absolute Gasteiger partial charge is 0.266 e. The Bertz CT molecular complexity index is 1160. The molecule has 0 aliphatic heterocycles. The highest BCUT2D eigenvalue weighted by Crippen LogP contribution is 2.19. The van der Waals surface area contributed by atoms with Crippen molar-refractivity contribution in [3.63, 3.8) is 0 Å². The first-order valence-electron chi connectivity index (χ1n) is 10.1. The number of fused-ring (bicyclic) bond motifs is 1. The number of nitrogens with one attached hydrogen (secondary N) is 1. The van der Waals surface area contributed by atoms with Crippen LogP contribution in [-0.2, 0) is 13.0 Å². The second kappa shape index (κ2) is 8.41. The molecule has 4 rings (SSSR count). The first-order valence-corrected chi connectivity index (χ1v) is 10.1. The van der Waals surface area contributed by atoms with Crippen LogP contribution in [0.15, 0.2) is 83.7 Å². The van der Waals surface area contributed by atoms with Gasteiger partial charge in [-0.2, -0.15) is 0 Å². The van der Waals surface area contributed by atoms with Gasteiger partial charge in [0.05, 0.1) is 22.6 Å². The van der Waals surface area contributed by atoms with Gasteiger partial charge in [0.1, 0.15) is 5.82 Å². The van der Waals surface area contributed by atoms with Gasteiger partial charge in [-0.3, -0.25) is 9.36 Å². The van der Waals surface area contributed by atoms with Gasteiger partial charge in [-0.15, -0.1) is 0 Å². The number of hydrogen-bond acceptors (Lipinski definition) is 3. The summed E-state index contributed by atoms with van der Waals surface area (Å²) in [4.78, 5) is 18.2. The minimum Gasteiger partial charge on any atom is -0.303 e. The van der Waals surface area contributed by atoms with E-state index in [-0.39, 0.29) is 11.6 Å². The van der Waals surface area contributed by atoms with Crippen LogP contribution in [0.4, 0.5) is 0 Å². The molecule has 146 valence electrons. The highest BCUT2D eigenvalue weighted by atomic mass is 16.1. The van der Waals surface area contributed by atoms with Gasteiger partial charge in [0.2, 0.25) is 0 Å². The van der Waals surface area contributed by atoms with Crippen molar-refractivity contribution >= 4 is 10.9 Å². The van der Waals surface area contributed by atoms with E-state index in [0.717, 1.165) is 17.6 Å². The fraction of sp³-hybridized carbons (Fsp3) is 0.200. The first-order chi connectivity index (χ1) is 14.2. The minimum absolute atomic E-state index is 0.0387. The molecule has 1 aromatic heterocycles. The van der Waals surface area contributed by atoms with E-state index in [4.69, 9.17) is 4.98 Å². The standard InChI is InChI=1S/C25H25N3O/c1-3-19-13-15-21(16-14-19)28-24(18(2)26-17-20-9-5-4-6-10-20)27-23-12-8-7-11-22(23)25(28)29/h4-16,18,26H,3,17H2,1-2H3. The van der Waals surface area contributed by atoms with Crippen LogP contribution >= 0.6 is 0 Å². The summed E-state index contributed by atoms with van der Waals surface area (Å²) in [6.45, 7) is 4.88. The van der Waals surface area contributed by atoms with Gasteiger partial charge in [0, 0.05) is 6.54 Å². The number of para-hydroxylation sites is 1. The van der Waals surface area contributed by atoms with Gasteiger partial charge in [0.25, 0.3) is 5.56 Å². The molecular weight excluding hydrogens is 358 g/mol. The van der Waals surface area contributed by atoms with Crippen LogP contribution in [0, 0.1) is 0 Å². The van der Waals surface area contributed by atoms with Crippen molar-refractivity contribution in [2.75, 3.05) is 0 Å². The Labute approximate surface area is 170 Å². The Morgan fingerprint density at radius 2 is 1.59 bits per heavy atom. The molecule has 4 heteroatoms. The van der Waals surface area contributed by atoms with E-state index in [2.05, 4.69) is 43.4 Å². The van der Waals surface area contributed by atoms with Crippen LogP contribution in [-0.4, -0.2) is 9.55 Å². The summed E-state index contributed by atoms with van der Waals surface area (Å²) in [7, 11) is 0. The molecule has 1 atom stereocenters. The number of hydrogen-bond donors (Lipinski definition) is 1. The van der Waals surface area contributed by atoms with Crippen LogP contribution < -0.4 is 10.9 Å². The fourth-order valence-corrected chi connectivity index (χ4v) is 3.53. The zero-order chi connectivity index (χ0) is 20.2. The van der Waals surface area contributed by atoms with Crippen molar-refractivity contribution in [2.24, 2.45) is 0 Å². The van der Waals surface area contributed by atoms with E-state index in [0.29, 0.717) is 17.8 Å². The maximum atomic E-state index is 13.4. The Hall–Kier alpha value is -3.24. The van der Waals surface area contributed by atoms with E-state index in [1.807, 2.05) is 54.6 Å². The van der Waals surface area contributed by atoms with E-state index in [9.17, 15) is 4.79 Å². The van der Waals surface area contributed by atoms with Crippen LogP contribution in [0.1, 0.15) is 36.8 Å². The molecule has 4 nitrogen and oxygen atoms in total. The monoisotopic (exact) mass is 383 g/mol. The normalized spacial score (nSPS) is 12.2. The lowest BCUT2D eigenvalue weighted by molar-refractivity contribution is 0.532. The van der Waals surface area contributed by atoms with Crippen molar-refractivity contribution in [1.82, 2.24) is 14.9 Å². The number of rotatable bonds is 6. The molecule has 0 radical (unpaired) electrons. The van der Waals surface area contributed by atoms with Gasteiger partial charge in [0.15, 0.2) is 0 Å². The summed E-state index contributed by atoms with van der Waals surface area (Å²) in [5, 5.41) is 4.15. The Morgan fingerprint density at radius 1 is 0.897 bits per heavy atom. The van der Waals surface area contributed by atoms with Gasteiger partial charge < -0.3 is 5.32 Å². The number of benzene rings is 3. The van der Waals surface area contributed by atoms with E-state index < -0.39 is 0 Å². The highest BCUT2D eigenvalue weighted by Gasteiger charge is 2.17. The third-order valence-corrected chi connectivity index (χ3v) is 5.25. The summed E-state index contributed by atoms with van der Waals surface area (Å²) >= 11 is 0. The van der Waals surface area contributed by atoms with E-state index >= 15 is 0 Å². The molecule has 1 heterocycles. The zero-order valence-electron chi connectivity index (χ0n) is 16.8. The lowest BCUT2D eigenvalue weighted by Crippen LogP contribution is -2.30. The second-order valence-electron chi connectivity index (χ2n) is 7.24. The number of nitrogens with zero attached hydrogens (tertiary/aromatic N) is 2. The largest absolute Gasteiger partial charge is 0.303 e. The molecule has 3 aromatic carbocycles. The van der Waals surface area contributed by atoms with Crippen LogP contribution in [0.25, 0.3) is 16.6 Å². The van der Waals surface area contributed by atoms with Crippen molar-refractivity contribution in [3.05, 3.63) is 106 Å². The van der Waals surface area contributed by atoms with Gasteiger partial charge >= 0.3 is 0 Å². The maximum Gasteiger partial charge on any atom is 0.266 e. The topological polar surface area (TPSA) is 46.9 Å². The lowest BCUT2D eigenvalue weighted by Gasteiger charge is -2.20. The quantitative estimate of drug-likeness (QED) is 0.520. The van der Waals surface area contributed by atoms with Crippen LogP contribution in [0.5, 0.6) is 0 Å². The number of aryl methyl sites for hydroxylation is 1. The summed E-state index contributed by atoms with van der Waals surface area (Å²) in [5.41, 5.74) is 3.97. The van der Waals surface area contributed by atoms with Crippen LogP contribution in [0.3, 0.4) is 0 Å². The molecule has 29 heavy (non-hydrogen) atoms. The van der Waals surface area contributed by atoms with Crippen LogP contribution in [0.2, 0.25) is 0 Å². The zero-order valence-corrected chi connectivity index (χ0v) is 16.8. The van der Waals surface area contributed by atoms with Crippen molar-refractivity contribution in [1.29, 1.82) is 0 Å². The molecule has 0 bridgehead atoms. The Balaban J connectivity index is 1.79. The van der Waals surface area contributed by atoms with Crippen molar-refractivity contribution in [3.8, 4) is 5.69 Å². The summed E-state index contributed by atoms with van der Waals surface area (Å²) in [6.07, 6.45) is 0.965. The Morgan fingerprint density at radius 3 is 2.31 bits per heavy atom. The first kappa shape index (κ1) is 19.1. The molecule has 1 N–H and O–H groups in total. The molecular formula is C25H25N3O. The summed E-state index contributed by atoms with van der Waals surface area (Å²) in [6, 6.07) is 25.8. The average molecular weight is 383 g/mol. The molecule has 0 fully saturated rings. The molecule has 0 saturated carbocycles. The SMILES string of the molecule is CCc1ccc(-n2c(C(C)NCc3ccccc3)nc3ccccc3c2=O)cc1. The third kappa shape index (κ3) is 3.98.